The Hall–Kier alpha value is -1.21. The van der Waals surface area contributed by atoms with Gasteiger partial charge in [-0.2, -0.15) is 0 Å². The van der Waals surface area contributed by atoms with Gasteiger partial charge in [0.1, 0.15) is 17.4 Å². The van der Waals surface area contributed by atoms with Crippen molar-refractivity contribution in [2.24, 2.45) is 11.8 Å². The Bertz CT molecular complexity index is 485. The number of nitrogen functional groups attached to an aromatic ring is 1. The molecule has 0 aliphatic heterocycles. The molecule has 0 fully saturated rings. The Morgan fingerprint density at radius 3 is 2.53 bits per heavy atom. The van der Waals surface area contributed by atoms with Crippen LogP contribution in [0.15, 0.2) is 6.07 Å². The van der Waals surface area contributed by atoms with Crippen molar-refractivity contribution in [3.05, 3.63) is 17.6 Å². The van der Waals surface area contributed by atoms with E-state index in [1.54, 1.807) is 6.07 Å². The number of sulfone groups is 1. The first kappa shape index (κ1) is 13.9. The van der Waals surface area contributed by atoms with Gasteiger partial charge in [-0.3, -0.25) is 0 Å². The molecule has 1 aromatic heterocycles. The summed E-state index contributed by atoms with van der Waals surface area (Å²) in [7, 11) is -3.14. The number of anilines is 1. The van der Waals surface area contributed by atoms with Gasteiger partial charge < -0.3 is 5.43 Å². The van der Waals surface area contributed by atoms with Gasteiger partial charge >= 0.3 is 0 Å². The van der Waals surface area contributed by atoms with Gasteiger partial charge in [0.15, 0.2) is 9.84 Å². The van der Waals surface area contributed by atoms with Gasteiger partial charge in [-0.1, -0.05) is 13.8 Å². The fourth-order valence-electron chi connectivity index (χ4n) is 1.45. The van der Waals surface area contributed by atoms with E-state index in [-0.39, 0.29) is 11.6 Å². The lowest BCUT2D eigenvalue weighted by Gasteiger charge is -2.08. The van der Waals surface area contributed by atoms with Crippen LogP contribution in [-0.2, 0) is 22.0 Å². The molecule has 17 heavy (non-hydrogen) atoms. The van der Waals surface area contributed by atoms with Crippen LogP contribution >= 0.6 is 0 Å². The molecule has 0 amide bonds. The van der Waals surface area contributed by atoms with Crippen LogP contribution < -0.4 is 11.3 Å². The number of rotatable bonds is 5. The molecule has 0 atom stereocenters. The smallest absolute Gasteiger partial charge is 0.154 e. The van der Waals surface area contributed by atoms with Gasteiger partial charge in [0.2, 0.25) is 0 Å². The summed E-state index contributed by atoms with van der Waals surface area (Å²) < 4.78 is 22.4. The number of hydrogen-bond donors (Lipinski definition) is 2. The van der Waals surface area contributed by atoms with Crippen molar-refractivity contribution >= 4 is 15.7 Å². The third kappa shape index (κ3) is 5.10. The van der Waals surface area contributed by atoms with E-state index in [0.717, 1.165) is 18.4 Å². The number of nitrogens with two attached hydrogens (primary N) is 1. The maximum Gasteiger partial charge on any atom is 0.154 e. The number of aromatic nitrogens is 2. The molecule has 0 saturated heterocycles. The molecule has 1 heterocycles. The lowest BCUT2D eigenvalue weighted by atomic mass is 10.1. The molecule has 3 N–H and O–H groups in total. The van der Waals surface area contributed by atoms with E-state index in [0.29, 0.717) is 11.7 Å². The summed E-state index contributed by atoms with van der Waals surface area (Å²) in [5.41, 5.74) is 3.21. The highest BCUT2D eigenvalue weighted by Gasteiger charge is 2.11. The summed E-state index contributed by atoms with van der Waals surface area (Å²) >= 11 is 0. The molecule has 1 rings (SSSR count). The summed E-state index contributed by atoms with van der Waals surface area (Å²) in [6, 6.07) is 1.73. The van der Waals surface area contributed by atoms with Crippen molar-refractivity contribution in [1.82, 2.24) is 9.97 Å². The average molecular weight is 258 g/mol. The van der Waals surface area contributed by atoms with Crippen LogP contribution in [0.25, 0.3) is 0 Å². The van der Waals surface area contributed by atoms with Gasteiger partial charge in [-0.15, -0.1) is 0 Å². The lowest BCUT2D eigenvalue weighted by molar-refractivity contribution is 0.598. The molecular weight excluding hydrogens is 240 g/mol. The SMILES string of the molecule is CC(C)Cc1cc(NN)nc(CS(C)(=O)=O)n1. The van der Waals surface area contributed by atoms with Crippen LogP contribution in [0.5, 0.6) is 0 Å². The van der Waals surface area contributed by atoms with Crippen LogP contribution in [0.4, 0.5) is 5.82 Å². The minimum absolute atomic E-state index is 0.173. The highest BCUT2D eigenvalue weighted by Crippen LogP contribution is 2.11. The molecule has 1 aromatic rings. The zero-order valence-electron chi connectivity index (χ0n) is 10.3. The molecule has 0 aliphatic rings. The monoisotopic (exact) mass is 258 g/mol. The first-order valence-corrected chi connectivity index (χ1v) is 7.37. The molecule has 7 heteroatoms. The van der Waals surface area contributed by atoms with Crippen molar-refractivity contribution < 1.29 is 8.42 Å². The highest BCUT2D eigenvalue weighted by molar-refractivity contribution is 7.89. The second-order valence-electron chi connectivity index (χ2n) is 4.47. The lowest BCUT2D eigenvalue weighted by Crippen LogP contribution is -2.14. The summed E-state index contributed by atoms with van der Waals surface area (Å²) in [5.74, 6) is 6.27. The minimum atomic E-state index is -3.14. The third-order valence-electron chi connectivity index (χ3n) is 1.98. The first-order valence-electron chi connectivity index (χ1n) is 5.31. The van der Waals surface area contributed by atoms with E-state index < -0.39 is 9.84 Å². The molecule has 96 valence electrons. The molecule has 0 unspecified atom stereocenters. The van der Waals surface area contributed by atoms with Gasteiger partial charge in [0.25, 0.3) is 0 Å². The molecule has 0 bridgehead atoms. The molecule has 0 saturated carbocycles. The average Bonchev–Trinajstić information content (AvgIpc) is 2.13. The zero-order chi connectivity index (χ0) is 13.1. The van der Waals surface area contributed by atoms with E-state index in [9.17, 15) is 8.42 Å². The molecule has 0 radical (unpaired) electrons. The molecule has 6 nitrogen and oxygen atoms in total. The van der Waals surface area contributed by atoms with E-state index in [2.05, 4.69) is 29.2 Å². The second kappa shape index (κ2) is 5.42. The Kier molecular flexibility index (Phi) is 4.41. The number of nitrogens with zero attached hydrogens (tertiary/aromatic N) is 2. The predicted molar refractivity (Wildman–Crippen MR) is 66.9 cm³/mol. The Labute approximate surface area is 102 Å². The third-order valence-corrected chi connectivity index (χ3v) is 2.76. The summed E-state index contributed by atoms with van der Waals surface area (Å²) in [6.07, 6.45) is 1.91. The standard InChI is InChI=1S/C10H18N4O2S/c1-7(2)4-8-5-9(14-11)13-10(12-8)6-17(3,15)16/h5,7H,4,6,11H2,1-3H3,(H,12,13,14). The zero-order valence-corrected chi connectivity index (χ0v) is 11.1. The van der Waals surface area contributed by atoms with Crippen molar-refractivity contribution in [2.45, 2.75) is 26.0 Å². The van der Waals surface area contributed by atoms with Gasteiger partial charge in [-0.25, -0.2) is 24.2 Å². The topological polar surface area (TPSA) is 98.0 Å². The number of hydrazine groups is 1. The Balaban J connectivity index is 3.05. The minimum Gasteiger partial charge on any atom is -0.308 e. The van der Waals surface area contributed by atoms with Crippen LogP contribution in [0.1, 0.15) is 25.4 Å². The van der Waals surface area contributed by atoms with Crippen LogP contribution in [0.2, 0.25) is 0 Å². The molecule has 0 aromatic carbocycles. The summed E-state index contributed by atoms with van der Waals surface area (Å²) in [6.45, 7) is 4.13. The second-order valence-corrected chi connectivity index (χ2v) is 6.61. The normalized spacial score (nSPS) is 11.8. The molecule has 0 aliphatic carbocycles. The van der Waals surface area contributed by atoms with Gasteiger partial charge in [-0.05, 0) is 12.3 Å². The van der Waals surface area contributed by atoms with Crippen LogP contribution in [-0.4, -0.2) is 24.6 Å². The van der Waals surface area contributed by atoms with Crippen LogP contribution in [0, 0.1) is 5.92 Å². The van der Waals surface area contributed by atoms with Crippen molar-refractivity contribution in [3.8, 4) is 0 Å². The summed E-state index contributed by atoms with van der Waals surface area (Å²) in [4.78, 5) is 8.24. The van der Waals surface area contributed by atoms with Crippen LogP contribution in [0.3, 0.4) is 0 Å². The fraction of sp³-hybridized carbons (Fsp3) is 0.600. The predicted octanol–water partition coefficient (Wildman–Crippen LogP) is 0.505. The van der Waals surface area contributed by atoms with E-state index in [1.165, 1.54) is 0 Å². The Morgan fingerprint density at radius 2 is 2.06 bits per heavy atom. The van der Waals surface area contributed by atoms with Crippen molar-refractivity contribution in [2.75, 3.05) is 11.7 Å². The maximum atomic E-state index is 11.2. The number of hydrogen-bond acceptors (Lipinski definition) is 6. The fourth-order valence-corrected chi connectivity index (χ4v) is 2.05. The van der Waals surface area contributed by atoms with Crippen molar-refractivity contribution in [1.29, 1.82) is 0 Å². The van der Waals surface area contributed by atoms with E-state index >= 15 is 0 Å². The highest BCUT2D eigenvalue weighted by atomic mass is 32.2. The van der Waals surface area contributed by atoms with Crippen molar-refractivity contribution in [3.63, 3.8) is 0 Å². The van der Waals surface area contributed by atoms with Gasteiger partial charge in [0, 0.05) is 18.0 Å². The summed E-state index contributed by atoms with van der Waals surface area (Å²) in [5, 5.41) is 0. The van der Waals surface area contributed by atoms with Gasteiger partial charge in [0.05, 0.1) is 0 Å². The largest absolute Gasteiger partial charge is 0.308 e. The molecular formula is C10H18N4O2S. The maximum absolute atomic E-state index is 11.2. The Morgan fingerprint density at radius 1 is 1.41 bits per heavy atom. The molecule has 0 spiro atoms. The van der Waals surface area contributed by atoms with E-state index in [1.807, 2.05) is 0 Å². The quantitative estimate of drug-likeness (QED) is 0.589. The first-order chi connectivity index (χ1) is 7.80. The number of nitrogens with one attached hydrogen (secondary N) is 1. The van der Waals surface area contributed by atoms with E-state index in [4.69, 9.17) is 5.84 Å².